The molecule has 0 spiro atoms. The quantitative estimate of drug-likeness (QED) is 0.441. The second kappa shape index (κ2) is 6.03. The average molecular weight is 274 g/mol. The lowest BCUT2D eigenvalue weighted by Crippen LogP contribution is -2.38. The SMILES string of the molecule is CC1=C2CCC3C4CCCC4CCC3C2CC1.CC=O. The lowest BCUT2D eigenvalue weighted by Gasteiger charge is -2.47. The van der Waals surface area contributed by atoms with E-state index in [1.807, 2.05) is 5.57 Å². The van der Waals surface area contributed by atoms with Gasteiger partial charge in [-0.3, -0.25) is 0 Å². The van der Waals surface area contributed by atoms with Gasteiger partial charge in [0, 0.05) is 0 Å². The molecule has 5 atom stereocenters. The van der Waals surface area contributed by atoms with Gasteiger partial charge in [-0.1, -0.05) is 24.0 Å². The van der Waals surface area contributed by atoms with E-state index in [9.17, 15) is 0 Å². The van der Waals surface area contributed by atoms with Crippen LogP contribution >= 0.6 is 0 Å². The number of rotatable bonds is 0. The predicted molar refractivity (Wildman–Crippen MR) is 83.4 cm³/mol. The van der Waals surface area contributed by atoms with Crippen LogP contribution < -0.4 is 0 Å². The van der Waals surface area contributed by atoms with E-state index in [-0.39, 0.29) is 0 Å². The van der Waals surface area contributed by atoms with Crippen molar-refractivity contribution in [2.24, 2.45) is 29.6 Å². The standard InChI is InChI=1S/C17H26.C2H4O/c1-11-5-7-15-13(11)9-10-16-14-4-2-3-12(14)6-8-17(15)16;1-2-3/h12,14-17H,2-10H2,1H3;2H,1H3. The lowest BCUT2D eigenvalue weighted by atomic mass is 9.58. The highest BCUT2D eigenvalue weighted by molar-refractivity contribution is 5.44. The van der Waals surface area contributed by atoms with E-state index in [2.05, 4.69) is 6.92 Å². The fourth-order valence-corrected chi connectivity index (χ4v) is 6.07. The van der Waals surface area contributed by atoms with E-state index in [0.29, 0.717) is 0 Å². The van der Waals surface area contributed by atoms with E-state index >= 15 is 0 Å². The van der Waals surface area contributed by atoms with Crippen LogP contribution in [0.4, 0.5) is 0 Å². The summed E-state index contributed by atoms with van der Waals surface area (Å²) in [5, 5.41) is 0. The molecule has 3 saturated carbocycles. The Labute approximate surface area is 124 Å². The van der Waals surface area contributed by atoms with Crippen molar-refractivity contribution in [1.29, 1.82) is 0 Å². The summed E-state index contributed by atoms with van der Waals surface area (Å²) in [7, 11) is 0. The van der Waals surface area contributed by atoms with Crippen molar-refractivity contribution in [1.82, 2.24) is 0 Å². The second-order valence-electron chi connectivity index (χ2n) is 7.49. The third kappa shape index (κ3) is 2.38. The largest absolute Gasteiger partial charge is 0.304 e. The highest BCUT2D eigenvalue weighted by Gasteiger charge is 2.47. The first-order valence-electron chi connectivity index (χ1n) is 8.84. The molecule has 0 saturated heterocycles. The fourth-order valence-electron chi connectivity index (χ4n) is 6.07. The van der Waals surface area contributed by atoms with E-state index in [0.717, 1.165) is 35.9 Å². The highest BCUT2D eigenvalue weighted by atomic mass is 16.1. The summed E-state index contributed by atoms with van der Waals surface area (Å²) in [4.78, 5) is 8.81. The molecule has 112 valence electrons. The molecule has 0 aromatic heterocycles. The molecule has 0 heterocycles. The minimum Gasteiger partial charge on any atom is -0.304 e. The minimum absolute atomic E-state index is 0.750. The molecule has 5 unspecified atom stereocenters. The summed E-state index contributed by atoms with van der Waals surface area (Å²) in [6, 6.07) is 0. The Hall–Kier alpha value is -0.590. The van der Waals surface area contributed by atoms with Gasteiger partial charge in [0.1, 0.15) is 6.29 Å². The predicted octanol–water partition coefficient (Wildman–Crippen LogP) is 5.15. The van der Waals surface area contributed by atoms with E-state index in [1.165, 1.54) is 26.2 Å². The summed E-state index contributed by atoms with van der Waals surface area (Å²) in [6.07, 6.45) is 14.6. The molecular weight excluding hydrogens is 244 g/mol. The zero-order valence-corrected chi connectivity index (χ0v) is 13.2. The minimum atomic E-state index is 0.750. The van der Waals surface area contributed by atoms with Gasteiger partial charge in [0.25, 0.3) is 0 Å². The molecule has 0 aromatic carbocycles. The van der Waals surface area contributed by atoms with Crippen molar-refractivity contribution >= 4 is 6.29 Å². The molecule has 1 heteroatoms. The first-order chi connectivity index (χ1) is 9.76. The molecule has 0 bridgehead atoms. The first kappa shape index (κ1) is 14.4. The molecule has 4 aliphatic carbocycles. The monoisotopic (exact) mass is 274 g/mol. The normalized spacial score (nSPS) is 42.2. The van der Waals surface area contributed by atoms with Crippen molar-refractivity contribution in [2.45, 2.75) is 71.6 Å². The summed E-state index contributed by atoms with van der Waals surface area (Å²) < 4.78 is 0. The van der Waals surface area contributed by atoms with Gasteiger partial charge in [-0.15, -0.1) is 0 Å². The Morgan fingerprint density at radius 1 is 0.900 bits per heavy atom. The van der Waals surface area contributed by atoms with Crippen LogP contribution in [0.5, 0.6) is 0 Å². The van der Waals surface area contributed by atoms with E-state index in [1.54, 1.807) is 44.1 Å². The third-order valence-electron chi connectivity index (χ3n) is 6.78. The summed E-state index contributed by atoms with van der Waals surface area (Å²) >= 11 is 0. The summed E-state index contributed by atoms with van der Waals surface area (Å²) in [5.41, 5.74) is 3.70. The van der Waals surface area contributed by atoms with Crippen LogP contribution in [0.2, 0.25) is 0 Å². The van der Waals surface area contributed by atoms with Crippen molar-refractivity contribution in [3.63, 3.8) is 0 Å². The van der Waals surface area contributed by atoms with Gasteiger partial charge in [-0.25, -0.2) is 0 Å². The Bertz CT molecular complexity index is 395. The molecule has 4 aliphatic rings. The Morgan fingerprint density at radius 3 is 2.50 bits per heavy atom. The number of carbonyl (C=O) groups excluding carboxylic acids is 1. The smallest absolute Gasteiger partial charge is 0.116 e. The van der Waals surface area contributed by atoms with Gasteiger partial charge in [0.2, 0.25) is 0 Å². The van der Waals surface area contributed by atoms with Gasteiger partial charge in [0.05, 0.1) is 0 Å². The van der Waals surface area contributed by atoms with Crippen LogP contribution in [-0.4, -0.2) is 6.29 Å². The molecule has 0 radical (unpaired) electrons. The van der Waals surface area contributed by atoms with Gasteiger partial charge in [-0.2, -0.15) is 0 Å². The molecule has 0 aromatic rings. The summed E-state index contributed by atoms with van der Waals surface area (Å²) in [6.45, 7) is 3.86. The Morgan fingerprint density at radius 2 is 1.70 bits per heavy atom. The number of fused-ring (bicyclic) bond motifs is 5. The average Bonchev–Trinajstić information content (AvgIpc) is 3.06. The second-order valence-corrected chi connectivity index (χ2v) is 7.49. The fraction of sp³-hybridized carbons (Fsp3) is 0.842. The molecule has 0 amide bonds. The topological polar surface area (TPSA) is 17.1 Å². The van der Waals surface area contributed by atoms with Crippen LogP contribution in [0.15, 0.2) is 11.1 Å². The van der Waals surface area contributed by atoms with Crippen molar-refractivity contribution < 1.29 is 4.79 Å². The van der Waals surface area contributed by atoms with E-state index < -0.39 is 0 Å². The van der Waals surface area contributed by atoms with Crippen LogP contribution in [0, 0.1) is 29.6 Å². The first-order valence-corrected chi connectivity index (χ1v) is 8.84. The maximum atomic E-state index is 8.81. The third-order valence-corrected chi connectivity index (χ3v) is 6.78. The molecule has 4 rings (SSSR count). The number of hydrogen-bond acceptors (Lipinski definition) is 1. The molecule has 1 nitrogen and oxygen atoms in total. The van der Waals surface area contributed by atoms with Crippen molar-refractivity contribution in [3.05, 3.63) is 11.1 Å². The zero-order chi connectivity index (χ0) is 14.1. The number of allylic oxidation sites excluding steroid dienone is 2. The maximum Gasteiger partial charge on any atom is 0.116 e. The van der Waals surface area contributed by atoms with Crippen LogP contribution in [-0.2, 0) is 4.79 Å². The van der Waals surface area contributed by atoms with Gasteiger partial charge in [0.15, 0.2) is 0 Å². The summed E-state index contributed by atoms with van der Waals surface area (Å²) in [5.74, 6) is 5.57. The maximum absolute atomic E-state index is 8.81. The van der Waals surface area contributed by atoms with Crippen molar-refractivity contribution in [3.8, 4) is 0 Å². The molecule has 0 aliphatic heterocycles. The molecule has 20 heavy (non-hydrogen) atoms. The number of aldehydes is 1. The molecular formula is C19H30O. The van der Waals surface area contributed by atoms with Crippen LogP contribution in [0.25, 0.3) is 0 Å². The Balaban J connectivity index is 0.000000373. The zero-order valence-electron chi connectivity index (χ0n) is 13.2. The number of hydrogen-bond donors (Lipinski definition) is 0. The van der Waals surface area contributed by atoms with Gasteiger partial charge < -0.3 is 4.79 Å². The lowest BCUT2D eigenvalue weighted by molar-refractivity contribution is -0.106. The van der Waals surface area contributed by atoms with Crippen LogP contribution in [0.1, 0.15) is 71.6 Å². The van der Waals surface area contributed by atoms with E-state index in [4.69, 9.17) is 4.79 Å². The van der Waals surface area contributed by atoms with Gasteiger partial charge >= 0.3 is 0 Å². The van der Waals surface area contributed by atoms with Crippen molar-refractivity contribution in [2.75, 3.05) is 0 Å². The number of carbonyl (C=O) groups is 1. The molecule has 0 N–H and O–H groups in total. The Kier molecular flexibility index (Phi) is 4.33. The highest BCUT2D eigenvalue weighted by Crippen LogP contribution is 2.58. The van der Waals surface area contributed by atoms with Crippen LogP contribution in [0.3, 0.4) is 0 Å². The van der Waals surface area contributed by atoms with Gasteiger partial charge in [-0.05, 0) is 88.4 Å². The molecule has 3 fully saturated rings.